The molecule has 1 N–H and O–H groups in total. The van der Waals surface area contributed by atoms with Gasteiger partial charge in [0.2, 0.25) is 0 Å². The Labute approximate surface area is 126 Å². The largest absolute Gasteiger partial charge is 0.307 e. The van der Waals surface area contributed by atoms with Crippen LogP contribution in [0.5, 0.6) is 0 Å². The number of benzene rings is 1. The highest BCUT2D eigenvalue weighted by atomic mass is 14.9. The molecule has 1 heteroatoms. The van der Waals surface area contributed by atoms with Crippen LogP contribution in [0.1, 0.15) is 77.5 Å². The number of rotatable bonds is 9. The van der Waals surface area contributed by atoms with E-state index in [0.29, 0.717) is 12.1 Å². The first kappa shape index (κ1) is 17.2. The molecule has 0 radical (unpaired) electrons. The van der Waals surface area contributed by atoms with E-state index in [4.69, 9.17) is 0 Å². The molecule has 0 amide bonds. The van der Waals surface area contributed by atoms with Crippen molar-refractivity contribution in [2.75, 3.05) is 0 Å². The Morgan fingerprint density at radius 3 is 1.90 bits per heavy atom. The molecule has 0 spiro atoms. The minimum atomic E-state index is 0.450. The van der Waals surface area contributed by atoms with Crippen LogP contribution in [0, 0.1) is 5.92 Å². The van der Waals surface area contributed by atoms with E-state index in [0.717, 1.165) is 5.92 Å². The van der Waals surface area contributed by atoms with Crippen LogP contribution in [-0.4, -0.2) is 6.04 Å². The highest BCUT2D eigenvalue weighted by Gasteiger charge is 2.12. The average Bonchev–Trinajstić information content (AvgIpc) is 2.39. The van der Waals surface area contributed by atoms with Gasteiger partial charge in [0.1, 0.15) is 0 Å². The van der Waals surface area contributed by atoms with Gasteiger partial charge >= 0.3 is 0 Å². The summed E-state index contributed by atoms with van der Waals surface area (Å²) in [7, 11) is 0. The van der Waals surface area contributed by atoms with E-state index in [9.17, 15) is 0 Å². The van der Waals surface area contributed by atoms with Gasteiger partial charge in [0.05, 0.1) is 0 Å². The van der Waals surface area contributed by atoms with Gasteiger partial charge < -0.3 is 5.32 Å². The van der Waals surface area contributed by atoms with Gasteiger partial charge in [0, 0.05) is 12.1 Å². The van der Waals surface area contributed by atoms with Crippen molar-refractivity contribution < 1.29 is 0 Å². The molecule has 20 heavy (non-hydrogen) atoms. The molecule has 0 saturated heterocycles. The van der Waals surface area contributed by atoms with Crippen LogP contribution in [-0.2, 0) is 6.42 Å². The van der Waals surface area contributed by atoms with Gasteiger partial charge in [0.25, 0.3) is 0 Å². The fourth-order valence-corrected chi connectivity index (χ4v) is 2.87. The van der Waals surface area contributed by atoms with Gasteiger partial charge in [-0.05, 0) is 43.2 Å². The number of hydrogen-bond acceptors (Lipinski definition) is 1. The molecule has 1 aromatic rings. The molecule has 0 aliphatic heterocycles. The van der Waals surface area contributed by atoms with Gasteiger partial charge in [-0.3, -0.25) is 0 Å². The van der Waals surface area contributed by atoms with Crippen LogP contribution in [0.3, 0.4) is 0 Å². The lowest BCUT2D eigenvalue weighted by atomic mass is 9.99. The Morgan fingerprint density at radius 2 is 1.45 bits per heavy atom. The van der Waals surface area contributed by atoms with E-state index in [1.54, 1.807) is 0 Å². The summed E-state index contributed by atoms with van der Waals surface area (Å²) in [5.41, 5.74) is 2.87. The van der Waals surface area contributed by atoms with Crippen molar-refractivity contribution in [3.05, 3.63) is 35.4 Å². The molecule has 1 unspecified atom stereocenters. The standard InChI is InChI=1S/C19H33N/c1-6-8-19(9-7-2)20-16(5)18-12-10-17(11-13-18)14-15(3)4/h10-13,15-16,19-20H,6-9,14H2,1-5H3. The smallest absolute Gasteiger partial charge is 0.0294 e. The molecule has 1 atom stereocenters. The molecular weight excluding hydrogens is 242 g/mol. The lowest BCUT2D eigenvalue weighted by Crippen LogP contribution is -2.31. The molecule has 0 aromatic heterocycles. The zero-order valence-electron chi connectivity index (χ0n) is 14.1. The summed E-state index contributed by atoms with van der Waals surface area (Å²) >= 11 is 0. The summed E-state index contributed by atoms with van der Waals surface area (Å²) in [6.45, 7) is 11.4. The molecular formula is C19H33N. The minimum absolute atomic E-state index is 0.450. The van der Waals surface area contributed by atoms with Crippen LogP contribution < -0.4 is 5.32 Å². The van der Waals surface area contributed by atoms with Gasteiger partial charge in [-0.15, -0.1) is 0 Å². The first-order valence-electron chi connectivity index (χ1n) is 8.41. The predicted molar refractivity (Wildman–Crippen MR) is 90.1 cm³/mol. The Bertz CT molecular complexity index is 347. The molecule has 0 fully saturated rings. The predicted octanol–water partition coefficient (Wildman–Crippen LogP) is 5.50. The lowest BCUT2D eigenvalue weighted by Gasteiger charge is -2.23. The molecule has 114 valence electrons. The Morgan fingerprint density at radius 1 is 0.900 bits per heavy atom. The van der Waals surface area contributed by atoms with Crippen molar-refractivity contribution in [2.24, 2.45) is 5.92 Å². The molecule has 1 aromatic carbocycles. The van der Waals surface area contributed by atoms with Crippen molar-refractivity contribution in [3.8, 4) is 0 Å². The molecule has 0 aliphatic carbocycles. The molecule has 0 saturated carbocycles. The van der Waals surface area contributed by atoms with E-state index >= 15 is 0 Å². The average molecular weight is 275 g/mol. The highest BCUT2D eigenvalue weighted by molar-refractivity contribution is 5.25. The van der Waals surface area contributed by atoms with E-state index < -0.39 is 0 Å². The molecule has 0 bridgehead atoms. The minimum Gasteiger partial charge on any atom is -0.307 e. The molecule has 1 rings (SSSR count). The monoisotopic (exact) mass is 275 g/mol. The SMILES string of the molecule is CCCC(CCC)NC(C)c1ccc(CC(C)C)cc1. The number of hydrogen-bond donors (Lipinski definition) is 1. The van der Waals surface area contributed by atoms with Crippen molar-refractivity contribution >= 4 is 0 Å². The van der Waals surface area contributed by atoms with Gasteiger partial charge in [0.15, 0.2) is 0 Å². The van der Waals surface area contributed by atoms with Crippen molar-refractivity contribution in [2.45, 2.75) is 78.8 Å². The second kappa shape index (κ2) is 9.18. The summed E-state index contributed by atoms with van der Waals surface area (Å²) in [5.74, 6) is 0.731. The summed E-state index contributed by atoms with van der Waals surface area (Å²) < 4.78 is 0. The Kier molecular flexibility index (Phi) is 7.91. The zero-order chi connectivity index (χ0) is 15.0. The van der Waals surface area contributed by atoms with E-state index in [1.807, 2.05) is 0 Å². The topological polar surface area (TPSA) is 12.0 Å². The van der Waals surface area contributed by atoms with Crippen molar-refractivity contribution in [1.82, 2.24) is 5.32 Å². The Hall–Kier alpha value is -0.820. The van der Waals surface area contributed by atoms with Crippen LogP contribution in [0.2, 0.25) is 0 Å². The summed E-state index contributed by atoms with van der Waals surface area (Å²) in [6, 6.07) is 10.3. The third-order valence-corrected chi connectivity index (χ3v) is 3.88. The third kappa shape index (κ3) is 6.09. The third-order valence-electron chi connectivity index (χ3n) is 3.88. The van der Waals surface area contributed by atoms with E-state index in [2.05, 4.69) is 64.2 Å². The van der Waals surface area contributed by atoms with Crippen molar-refractivity contribution in [1.29, 1.82) is 0 Å². The summed E-state index contributed by atoms with van der Waals surface area (Å²) in [5, 5.41) is 3.80. The second-order valence-electron chi connectivity index (χ2n) is 6.50. The van der Waals surface area contributed by atoms with Gasteiger partial charge in [-0.1, -0.05) is 64.8 Å². The maximum atomic E-state index is 3.80. The van der Waals surface area contributed by atoms with Crippen LogP contribution >= 0.6 is 0 Å². The van der Waals surface area contributed by atoms with Crippen LogP contribution in [0.4, 0.5) is 0 Å². The van der Waals surface area contributed by atoms with Gasteiger partial charge in [-0.25, -0.2) is 0 Å². The lowest BCUT2D eigenvalue weighted by molar-refractivity contribution is 0.402. The van der Waals surface area contributed by atoms with Crippen LogP contribution in [0.15, 0.2) is 24.3 Å². The van der Waals surface area contributed by atoms with Crippen molar-refractivity contribution in [3.63, 3.8) is 0 Å². The molecule has 0 heterocycles. The molecule has 0 aliphatic rings. The normalized spacial score (nSPS) is 13.2. The first-order valence-corrected chi connectivity index (χ1v) is 8.41. The maximum Gasteiger partial charge on any atom is 0.0294 e. The first-order chi connectivity index (χ1) is 9.56. The zero-order valence-corrected chi connectivity index (χ0v) is 14.1. The van der Waals surface area contributed by atoms with Gasteiger partial charge in [-0.2, -0.15) is 0 Å². The fraction of sp³-hybridized carbons (Fsp3) is 0.684. The van der Waals surface area contributed by atoms with E-state index in [1.165, 1.54) is 43.2 Å². The number of nitrogens with one attached hydrogen (secondary N) is 1. The maximum absolute atomic E-state index is 3.80. The second-order valence-corrected chi connectivity index (χ2v) is 6.50. The highest BCUT2D eigenvalue weighted by Crippen LogP contribution is 2.18. The Balaban J connectivity index is 2.59. The van der Waals surface area contributed by atoms with Crippen LogP contribution in [0.25, 0.3) is 0 Å². The van der Waals surface area contributed by atoms with E-state index in [-0.39, 0.29) is 0 Å². The fourth-order valence-electron chi connectivity index (χ4n) is 2.87. The molecule has 1 nitrogen and oxygen atoms in total. The quantitative estimate of drug-likeness (QED) is 0.627. The summed E-state index contributed by atoms with van der Waals surface area (Å²) in [6.07, 6.45) is 6.26. The summed E-state index contributed by atoms with van der Waals surface area (Å²) in [4.78, 5) is 0.